The van der Waals surface area contributed by atoms with E-state index in [9.17, 15) is 4.79 Å². The highest BCUT2D eigenvalue weighted by molar-refractivity contribution is 5.22. The van der Waals surface area contributed by atoms with Gasteiger partial charge >= 0.3 is 0 Å². The van der Waals surface area contributed by atoms with Gasteiger partial charge < -0.3 is 9.30 Å². The van der Waals surface area contributed by atoms with Crippen molar-refractivity contribution in [2.75, 3.05) is 19.7 Å². The Balaban J connectivity index is 1.19. The molecule has 5 rings (SSSR count). The first kappa shape index (κ1) is 17.1. The minimum Gasteiger partial charge on any atom is -0.372 e. The van der Waals surface area contributed by atoms with Gasteiger partial charge in [0.05, 0.1) is 18.0 Å². The molecule has 4 heterocycles. The van der Waals surface area contributed by atoms with E-state index in [1.54, 1.807) is 4.68 Å². The van der Waals surface area contributed by atoms with Gasteiger partial charge in [-0.3, -0.25) is 9.69 Å². The number of likely N-dealkylation sites (tertiary alicyclic amines) is 1. The molecule has 0 radical (unpaired) electrons. The van der Waals surface area contributed by atoms with Gasteiger partial charge in [-0.25, -0.2) is 9.67 Å². The lowest BCUT2D eigenvalue weighted by Gasteiger charge is -2.32. The maximum atomic E-state index is 12.3. The monoisotopic (exact) mass is 369 g/mol. The molecule has 144 valence electrons. The van der Waals surface area contributed by atoms with E-state index in [1.165, 1.54) is 11.3 Å². The number of fused-ring (bicyclic) bond motifs is 2. The molecule has 1 aliphatic carbocycles. The maximum absolute atomic E-state index is 12.3. The Kier molecular flexibility index (Phi) is 4.57. The molecule has 1 saturated heterocycles. The van der Waals surface area contributed by atoms with Crippen LogP contribution in [0.4, 0.5) is 0 Å². The van der Waals surface area contributed by atoms with Crippen LogP contribution in [-0.2, 0) is 43.8 Å². The Labute approximate surface area is 159 Å². The van der Waals surface area contributed by atoms with Gasteiger partial charge in [-0.2, -0.15) is 5.10 Å². The third-order valence-electron chi connectivity index (χ3n) is 6.26. The minimum atomic E-state index is 0.0752. The van der Waals surface area contributed by atoms with Crippen molar-refractivity contribution in [3.05, 3.63) is 45.4 Å². The first-order chi connectivity index (χ1) is 13.3. The second-order valence-corrected chi connectivity index (χ2v) is 8.08. The highest BCUT2D eigenvalue weighted by Crippen LogP contribution is 2.22. The molecule has 0 unspecified atom stereocenters. The number of ether oxygens (including phenoxy) is 1. The topological polar surface area (TPSA) is 65.2 Å². The molecule has 0 bridgehead atoms. The van der Waals surface area contributed by atoms with Crippen molar-refractivity contribution in [1.29, 1.82) is 0 Å². The number of hydrogen-bond donors (Lipinski definition) is 0. The Hall–Kier alpha value is -1.99. The van der Waals surface area contributed by atoms with Crippen LogP contribution >= 0.6 is 0 Å². The summed E-state index contributed by atoms with van der Waals surface area (Å²) in [7, 11) is 0. The zero-order valence-electron chi connectivity index (χ0n) is 15.8. The summed E-state index contributed by atoms with van der Waals surface area (Å²) >= 11 is 0. The van der Waals surface area contributed by atoms with Gasteiger partial charge in [-0.15, -0.1) is 0 Å². The lowest BCUT2D eigenvalue weighted by Crippen LogP contribution is -2.37. The summed E-state index contributed by atoms with van der Waals surface area (Å²) in [6, 6.07) is 1.82. The van der Waals surface area contributed by atoms with Gasteiger partial charge in [-0.1, -0.05) is 0 Å². The summed E-state index contributed by atoms with van der Waals surface area (Å²) < 4.78 is 9.51. The first-order valence-corrected chi connectivity index (χ1v) is 10.2. The number of piperidine rings is 1. The normalized spacial score (nSPS) is 20.6. The van der Waals surface area contributed by atoms with Crippen LogP contribution in [0.15, 0.2) is 17.1 Å². The third-order valence-corrected chi connectivity index (χ3v) is 6.26. The fraction of sp³-hybridized carbons (Fsp3) is 0.650. The number of rotatable bonds is 4. The van der Waals surface area contributed by atoms with Crippen LogP contribution in [0.3, 0.4) is 0 Å². The van der Waals surface area contributed by atoms with E-state index in [0.717, 1.165) is 83.0 Å². The third kappa shape index (κ3) is 3.46. The zero-order chi connectivity index (χ0) is 18.2. The van der Waals surface area contributed by atoms with Crippen LogP contribution in [0.1, 0.15) is 42.0 Å². The second-order valence-electron chi connectivity index (χ2n) is 8.08. The van der Waals surface area contributed by atoms with Gasteiger partial charge in [-0.05, 0) is 56.7 Å². The van der Waals surface area contributed by atoms with Crippen LogP contribution < -0.4 is 5.56 Å². The lowest BCUT2D eigenvalue weighted by atomic mass is 9.96. The molecule has 3 aliphatic rings. The van der Waals surface area contributed by atoms with Gasteiger partial charge in [0.15, 0.2) is 0 Å². The van der Waals surface area contributed by atoms with Crippen molar-refractivity contribution in [3.8, 4) is 0 Å². The molecule has 0 N–H and O–H groups in total. The van der Waals surface area contributed by atoms with Crippen LogP contribution in [0, 0.1) is 5.92 Å². The second kappa shape index (κ2) is 7.20. The predicted octanol–water partition coefficient (Wildman–Crippen LogP) is 1.37. The summed E-state index contributed by atoms with van der Waals surface area (Å²) in [5, 5.41) is 4.64. The van der Waals surface area contributed by atoms with E-state index in [1.807, 2.05) is 12.3 Å². The standard InChI is InChI=1S/C20H27N5O2/c26-20-10-16-2-1-3-18(16)22-25(20)12-15-4-6-23(7-5-15)13-17-11-21-19-14-27-9-8-24(17)19/h10-11,15H,1-9,12-14H2. The van der Waals surface area contributed by atoms with Crippen molar-refractivity contribution < 1.29 is 4.74 Å². The predicted molar refractivity (Wildman–Crippen MR) is 100 cm³/mol. The Morgan fingerprint density at radius 2 is 2.07 bits per heavy atom. The summed E-state index contributed by atoms with van der Waals surface area (Å²) in [4.78, 5) is 19.3. The quantitative estimate of drug-likeness (QED) is 0.814. The van der Waals surface area contributed by atoms with Crippen molar-refractivity contribution >= 4 is 0 Å². The van der Waals surface area contributed by atoms with E-state index in [-0.39, 0.29) is 5.56 Å². The molecule has 0 saturated carbocycles. The van der Waals surface area contributed by atoms with E-state index in [0.29, 0.717) is 12.5 Å². The SMILES string of the molecule is O=c1cc2c(nn1CC1CCN(Cc3cnc4n3CCOC4)CC1)CCC2. The molecular formula is C20H27N5O2. The average Bonchev–Trinajstić information content (AvgIpc) is 3.30. The molecule has 0 aromatic carbocycles. The lowest BCUT2D eigenvalue weighted by molar-refractivity contribution is 0.0788. The van der Waals surface area contributed by atoms with E-state index in [4.69, 9.17) is 4.74 Å². The molecule has 7 heteroatoms. The highest BCUT2D eigenvalue weighted by atomic mass is 16.5. The Morgan fingerprint density at radius 3 is 2.96 bits per heavy atom. The van der Waals surface area contributed by atoms with Crippen molar-refractivity contribution in [1.82, 2.24) is 24.2 Å². The summed E-state index contributed by atoms with van der Waals surface area (Å²) in [6.07, 6.45) is 7.42. The van der Waals surface area contributed by atoms with E-state index in [2.05, 4.69) is 19.5 Å². The molecule has 1 fully saturated rings. The zero-order valence-corrected chi connectivity index (χ0v) is 15.8. The average molecular weight is 369 g/mol. The van der Waals surface area contributed by atoms with Crippen LogP contribution in [0.2, 0.25) is 0 Å². The fourth-order valence-corrected chi connectivity index (χ4v) is 4.66. The first-order valence-electron chi connectivity index (χ1n) is 10.2. The molecule has 0 amide bonds. The Morgan fingerprint density at radius 1 is 1.19 bits per heavy atom. The molecule has 0 spiro atoms. The largest absolute Gasteiger partial charge is 0.372 e. The van der Waals surface area contributed by atoms with Crippen molar-refractivity contribution in [2.45, 2.75) is 58.3 Å². The van der Waals surface area contributed by atoms with Gasteiger partial charge in [0.2, 0.25) is 0 Å². The number of hydrogen-bond acceptors (Lipinski definition) is 5. The fourth-order valence-electron chi connectivity index (χ4n) is 4.66. The molecule has 0 atom stereocenters. The highest BCUT2D eigenvalue weighted by Gasteiger charge is 2.23. The van der Waals surface area contributed by atoms with E-state index < -0.39 is 0 Å². The summed E-state index contributed by atoms with van der Waals surface area (Å²) in [5.41, 5.74) is 3.68. The van der Waals surface area contributed by atoms with Crippen molar-refractivity contribution in [2.24, 2.45) is 5.92 Å². The molecular weight excluding hydrogens is 342 g/mol. The molecule has 2 aromatic heterocycles. The van der Waals surface area contributed by atoms with E-state index >= 15 is 0 Å². The number of aromatic nitrogens is 4. The Bertz CT molecular complexity index is 879. The number of nitrogens with zero attached hydrogens (tertiary/aromatic N) is 5. The molecule has 2 aromatic rings. The molecule has 2 aliphatic heterocycles. The van der Waals surface area contributed by atoms with Crippen molar-refractivity contribution in [3.63, 3.8) is 0 Å². The summed E-state index contributed by atoms with van der Waals surface area (Å²) in [6.45, 7) is 6.18. The molecule has 27 heavy (non-hydrogen) atoms. The smallest absolute Gasteiger partial charge is 0.267 e. The number of aryl methyl sites for hydroxylation is 2. The van der Waals surface area contributed by atoms with Gasteiger partial charge in [0.25, 0.3) is 5.56 Å². The maximum Gasteiger partial charge on any atom is 0.267 e. The minimum absolute atomic E-state index is 0.0752. The van der Waals surface area contributed by atoms with Crippen LogP contribution in [0.5, 0.6) is 0 Å². The van der Waals surface area contributed by atoms with Gasteiger partial charge in [0, 0.05) is 31.9 Å². The van der Waals surface area contributed by atoms with Crippen LogP contribution in [-0.4, -0.2) is 43.9 Å². The van der Waals surface area contributed by atoms with Gasteiger partial charge in [0.1, 0.15) is 12.4 Å². The number of imidazole rings is 1. The molecule has 7 nitrogen and oxygen atoms in total. The van der Waals surface area contributed by atoms with Crippen LogP contribution in [0.25, 0.3) is 0 Å². The summed E-state index contributed by atoms with van der Waals surface area (Å²) in [5.74, 6) is 1.59.